The standard InChI is InChI=1S/C12H9ClN4S/c1-7-11(18-12-14-4-5-15-12)17-10-6-8(13)2-3-9(10)16-7/h2-6H,1H3,(H,14,15). The summed E-state index contributed by atoms with van der Waals surface area (Å²) in [6.45, 7) is 1.94. The molecule has 90 valence electrons. The zero-order chi connectivity index (χ0) is 12.5. The number of aryl methyl sites for hydroxylation is 1. The summed E-state index contributed by atoms with van der Waals surface area (Å²) in [5.41, 5.74) is 2.52. The number of H-pyrrole nitrogens is 1. The minimum atomic E-state index is 0.662. The molecule has 0 atom stereocenters. The minimum Gasteiger partial charge on any atom is -0.339 e. The van der Waals surface area contributed by atoms with Gasteiger partial charge >= 0.3 is 0 Å². The molecule has 0 unspecified atom stereocenters. The zero-order valence-corrected chi connectivity index (χ0v) is 11.1. The van der Waals surface area contributed by atoms with Crippen LogP contribution in [0.15, 0.2) is 40.8 Å². The van der Waals surface area contributed by atoms with Crippen molar-refractivity contribution in [1.29, 1.82) is 0 Å². The van der Waals surface area contributed by atoms with Gasteiger partial charge < -0.3 is 4.98 Å². The molecule has 0 aliphatic heterocycles. The van der Waals surface area contributed by atoms with Gasteiger partial charge in [0.15, 0.2) is 5.16 Å². The molecule has 3 rings (SSSR count). The zero-order valence-electron chi connectivity index (χ0n) is 9.51. The first kappa shape index (κ1) is 11.5. The van der Waals surface area contributed by atoms with Crippen LogP contribution in [0.2, 0.25) is 5.02 Å². The van der Waals surface area contributed by atoms with Gasteiger partial charge in [-0.1, -0.05) is 11.6 Å². The third kappa shape index (κ3) is 2.19. The van der Waals surface area contributed by atoms with Gasteiger partial charge in [-0.2, -0.15) is 0 Å². The normalized spacial score (nSPS) is 11.0. The van der Waals surface area contributed by atoms with Gasteiger partial charge in [0.2, 0.25) is 0 Å². The van der Waals surface area contributed by atoms with E-state index in [-0.39, 0.29) is 0 Å². The molecule has 4 nitrogen and oxygen atoms in total. The highest BCUT2D eigenvalue weighted by Crippen LogP contribution is 2.27. The Morgan fingerprint density at radius 3 is 2.89 bits per heavy atom. The van der Waals surface area contributed by atoms with Gasteiger partial charge in [-0.05, 0) is 36.9 Å². The summed E-state index contributed by atoms with van der Waals surface area (Å²) in [6.07, 6.45) is 3.49. The molecule has 0 bridgehead atoms. The summed E-state index contributed by atoms with van der Waals surface area (Å²) in [4.78, 5) is 16.3. The summed E-state index contributed by atoms with van der Waals surface area (Å²) in [7, 11) is 0. The Morgan fingerprint density at radius 1 is 1.22 bits per heavy atom. The molecule has 0 aliphatic carbocycles. The molecule has 0 amide bonds. The second-order valence-electron chi connectivity index (χ2n) is 3.74. The third-order valence-electron chi connectivity index (χ3n) is 2.42. The monoisotopic (exact) mass is 276 g/mol. The topological polar surface area (TPSA) is 54.5 Å². The van der Waals surface area contributed by atoms with E-state index in [4.69, 9.17) is 11.6 Å². The highest BCUT2D eigenvalue weighted by Gasteiger charge is 2.08. The van der Waals surface area contributed by atoms with Crippen LogP contribution in [0.4, 0.5) is 0 Å². The first-order valence-corrected chi connectivity index (χ1v) is 6.53. The SMILES string of the molecule is Cc1nc2ccc(Cl)cc2nc1Sc1ncc[nH]1. The van der Waals surface area contributed by atoms with Crippen LogP contribution in [0.25, 0.3) is 11.0 Å². The lowest BCUT2D eigenvalue weighted by Gasteiger charge is -2.04. The Morgan fingerprint density at radius 2 is 2.11 bits per heavy atom. The van der Waals surface area contributed by atoms with E-state index < -0.39 is 0 Å². The number of hydrogen-bond acceptors (Lipinski definition) is 4. The fraction of sp³-hybridized carbons (Fsp3) is 0.0833. The quantitative estimate of drug-likeness (QED) is 0.779. The molecule has 0 spiro atoms. The van der Waals surface area contributed by atoms with Crippen molar-refractivity contribution >= 4 is 34.4 Å². The van der Waals surface area contributed by atoms with Gasteiger partial charge in [-0.15, -0.1) is 0 Å². The molecule has 0 fully saturated rings. The second kappa shape index (κ2) is 4.59. The number of halogens is 1. The predicted molar refractivity (Wildman–Crippen MR) is 72.0 cm³/mol. The molecule has 0 radical (unpaired) electrons. The lowest BCUT2D eigenvalue weighted by molar-refractivity contribution is 1.01. The molecule has 0 aliphatic rings. The van der Waals surface area contributed by atoms with Crippen LogP contribution in [-0.4, -0.2) is 19.9 Å². The molecular weight excluding hydrogens is 268 g/mol. The van der Waals surface area contributed by atoms with E-state index in [9.17, 15) is 0 Å². The molecule has 18 heavy (non-hydrogen) atoms. The molecule has 2 heterocycles. The number of hydrogen-bond donors (Lipinski definition) is 1. The van der Waals surface area contributed by atoms with Crippen molar-refractivity contribution in [3.05, 3.63) is 41.3 Å². The van der Waals surface area contributed by atoms with Gasteiger partial charge in [0.1, 0.15) is 5.03 Å². The number of fused-ring (bicyclic) bond motifs is 1. The maximum absolute atomic E-state index is 5.96. The van der Waals surface area contributed by atoms with Gasteiger partial charge in [0, 0.05) is 17.4 Å². The van der Waals surface area contributed by atoms with Crippen molar-refractivity contribution in [1.82, 2.24) is 19.9 Å². The predicted octanol–water partition coefficient (Wildman–Crippen LogP) is 3.47. The van der Waals surface area contributed by atoms with Crippen molar-refractivity contribution in [2.45, 2.75) is 17.1 Å². The lowest BCUT2D eigenvalue weighted by Crippen LogP contribution is -1.93. The Bertz CT molecular complexity index is 697. The largest absolute Gasteiger partial charge is 0.339 e. The Kier molecular flexibility index (Phi) is 2.93. The molecule has 0 saturated heterocycles. The number of nitrogens with one attached hydrogen (secondary N) is 1. The van der Waals surface area contributed by atoms with Crippen molar-refractivity contribution in [2.24, 2.45) is 0 Å². The fourth-order valence-electron chi connectivity index (χ4n) is 1.59. The number of rotatable bonds is 2. The van der Waals surface area contributed by atoms with Crippen molar-refractivity contribution in [3.63, 3.8) is 0 Å². The molecule has 0 saturated carbocycles. The van der Waals surface area contributed by atoms with Gasteiger partial charge in [-0.3, -0.25) is 0 Å². The van der Waals surface area contributed by atoms with Gasteiger partial charge in [-0.25, -0.2) is 15.0 Å². The van der Waals surface area contributed by atoms with E-state index >= 15 is 0 Å². The number of aromatic amines is 1. The first-order chi connectivity index (χ1) is 8.72. The summed E-state index contributed by atoms with van der Waals surface area (Å²) >= 11 is 7.42. The molecule has 1 N–H and O–H groups in total. The summed E-state index contributed by atoms with van der Waals surface area (Å²) in [5.74, 6) is 0. The number of nitrogens with zero attached hydrogens (tertiary/aromatic N) is 3. The van der Waals surface area contributed by atoms with Crippen molar-refractivity contribution in [3.8, 4) is 0 Å². The highest BCUT2D eigenvalue weighted by atomic mass is 35.5. The summed E-state index contributed by atoms with van der Waals surface area (Å²) < 4.78 is 0. The Balaban J connectivity index is 2.08. The van der Waals surface area contributed by atoms with Crippen LogP contribution in [0.3, 0.4) is 0 Å². The van der Waals surface area contributed by atoms with E-state index in [0.29, 0.717) is 5.02 Å². The molecular formula is C12H9ClN4S. The van der Waals surface area contributed by atoms with Crippen LogP contribution in [0.5, 0.6) is 0 Å². The number of imidazole rings is 1. The average molecular weight is 277 g/mol. The van der Waals surface area contributed by atoms with Gasteiger partial charge in [0.25, 0.3) is 0 Å². The van der Waals surface area contributed by atoms with Crippen LogP contribution in [0.1, 0.15) is 5.69 Å². The van der Waals surface area contributed by atoms with Crippen LogP contribution in [-0.2, 0) is 0 Å². The van der Waals surface area contributed by atoms with E-state index in [1.807, 2.05) is 25.1 Å². The van der Waals surface area contributed by atoms with Crippen molar-refractivity contribution < 1.29 is 0 Å². The van der Waals surface area contributed by atoms with Gasteiger partial charge in [0.05, 0.1) is 16.7 Å². The van der Waals surface area contributed by atoms with E-state index in [1.54, 1.807) is 12.4 Å². The molecule has 1 aromatic carbocycles. The van der Waals surface area contributed by atoms with E-state index in [0.717, 1.165) is 26.9 Å². The third-order valence-corrected chi connectivity index (χ3v) is 3.66. The first-order valence-electron chi connectivity index (χ1n) is 5.33. The number of benzene rings is 1. The average Bonchev–Trinajstić information content (AvgIpc) is 2.83. The Labute approximate surface area is 113 Å². The molecule has 6 heteroatoms. The maximum Gasteiger partial charge on any atom is 0.171 e. The summed E-state index contributed by atoms with van der Waals surface area (Å²) in [5, 5.41) is 2.29. The fourth-order valence-corrected chi connectivity index (χ4v) is 2.52. The van der Waals surface area contributed by atoms with Crippen LogP contribution in [0, 0.1) is 6.92 Å². The maximum atomic E-state index is 5.96. The molecule has 2 aromatic heterocycles. The second-order valence-corrected chi connectivity index (χ2v) is 5.16. The number of aromatic nitrogens is 4. The van der Waals surface area contributed by atoms with Crippen LogP contribution < -0.4 is 0 Å². The van der Waals surface area contributed by atoms with Crippen LogP contribution >= 0.6 is 23.4 Å². The highest BCUT2D eigenvalue weighted by molar-refractivity contribution is 7.99. The minimum absolute atomic E-state index is 0.662. The lowest BCUT2D eigenvalue weighted by atomic mass is 10.3. The smallest absolute Gasteiger partial charge is 0.171 e. The molecule has 3 aromatic rings. The Hall–Kier alpha value is -1.59. The van der Waals surface area contributed by atoms with E-state index in [1.165, 1.54) is 11.8 Å². The van der Waals surface area contributed by atoms with Crippen molar-refractivity contribution in [2.75, 3.05) is 0 Å². The summed E-state index contributed by atoms with van der Waals surface area (Å²) in [6, 6.07) is 5.51. The van der Waals surface area contributed by atoms with E-state index in [2.05, 4.69) is 19.9 Å².